The Hall–Kier alpha value is -1.37. The van der Waals surface area contributed by atoms with Gasteiger partial charge in [-0.3, -0.25) is 4.79 Å². The molecule has 126 valence electrons. The van der Waals surface area contributed by atoms with Crippen molar-refractivity contribution >= 4 is 21.6 Å². The molecule has 0 saturated carbocycles. The molecule has 7 heteroatoms. The highest BCUT2D eigenvalue weighted by molar-refractivity contribution is 7.94. The van der Waals surface area contributed by atoms with Gasteiger partial charge in [0.15, 0.2) is 15.7 Å². The summed E-state index contributed by atoms with van der Waals surface area (Å²) in [5.41, 5.74) is -0.247. The number of aromatic nitrogens is 1. The van der Waals surface area contributed by atoms with Crippen LogP contribution in [0.3, 0.4) is 0 Å². The van der Waals surface area contributed by atoms with Crippen LogP contribution in [0.1, 0.15) is 61.2 Å². The lowest BCUT2D eigenvalue weighted by atomic mass is 9.93. The van der Waals surface area contributed by atoms with Crippen molar-refractivity contribution in [2.24, 2.45) is 0 Å². The highest BCUT2D eigenvalue weighted by Gasteiger charge is 2.48. The predicted octanol–water partition coefficient (Wildman–Crippen LogP) is 2.90. The fourth-order valence-corrected chi connectivity index (χ4v) is 3.67. The molecule has 0 aliphatic rings. The van der Waals surface area contributed by atoms with Crippen LogP contribution in [0.5, 0.6) is 0 Å². The molecule has 1 rings (SSSR count). The van der Waals surface area contributed by atoms with E-state index >= 15 is 0 Å². The average molecular weight is 330 g/mol. The van der Waals surface area contributed by atoms with Gasteiger partial charge in [0.05, 0.1) is 4.75 Å². The molecule has 6 nitrogen and oxygen atoms in total. The zero-order chi connectivity index (χ0) is 17.6. The van der Waals surface area contributed by atoms with Crippen molar-refractivity contribution in [2.45, 2.75) is 70.3 Å². The Bertz CT molecular complexity index is 658. The lowest BCUT2D eigenvalue weighted by Crippen LogP contribution is -2.51. The maximum atomic E-state index is 12.6. The summed E-state index contributed by atoms with van der Waals surface area (Å²) in [6, 6.07) is 1.61. The van der Waals surface area contributed by atoms with Gasteiger partial charge in [0.1, 0.15) is 10.5 Å². The first-order valence-electron chi connectivity index (χ1n) is 7.13. The van der Waals surface area contributed by atoms with Crippen molar-refractivity contribution in [1.82, 2.24) is 5.16 Å². The number of nitrogens with one attached hydrogen (secondary N) is 1. The van der Waals surface area contributed by atoms with Crippen LogP contribution in [-0.2, 0) is 20.0 Å². The fraction of sp³-hybridized carbons (Fsp3) is 0.733. The minimum atomic E-state index is -3.69. The van der Waals surface area contributed by atoms with Gasteiger partial charge in [0, 0.05) is 11.5 Å². The summed E-state index contributed by atoms with van der Waals surface area (Å²) in [5.74, 6) is 0.197. The van der Waals surface area contributed by atoms with Crippen LogP contribution < -0.4 is 5.32 Å². The summed E-state index contributed by atoms with van der Waals surface area (Å²) in [6.45, 7) is 13.4. The lowest BCUT2D eigenvalue weighted by molar-refractivity contribution is -0.117. The first-order valence-corrected chi connectivity index (χ1v) is 8.62. The van der Waals surface area contributed by atoms with E-state index in [0.29, 0.717) is 5.76 Å². The van der Waals surface area contributed by atoms with Gasteiger partial charge in [-0.15, -0.1) is 0 Å². The number of carbonyl (C=O) groups is 1. The van der Waals surface area contributed by atoms with Crippen LogP contribution in [0.15, 0.2) is 10.6 Å². The van der Waals surface area contributed by atoms with E-state index in [1.54, 1.807) is 26.8 Å². The molecule has 1 heterocycles. The van der Waals surface area contributed by atoms with E-state index in [2.05, 4.69) is 10.5 Å². The quantitative estimate of drug-likeness (QED) is 0.920. The Morgan fingerprint density at radius 3 is 1.95 bits per heavy atom. The van der Waals surface area contributed by atoms with E-state index < -0.39 is 25.2 Å². The molecule has 1 N–H and O–H groups in total. The van der Waals surface area contributed by atoms with E-state index in [9.17, 15) is 13.2 Å². The number of nitrogens with zero attached hydrogens (tertiary/aromatic N) is 1. The minimum Gasteiger partial charge on any atom is -0.359 e. The molecule has 1 aromatic rings. The van der Waals surface area contributed by atoms with Gasteiger partial charge in [0.25, 0.3) is 0 Å². The molecule has 0 aliphatic carbocycles. The van der Waals surface area contributed by atoms with Crippen molar-refractivity contribution < 1.29 is 17.7 Å². The summed E-state index contributed by atoms with van der Waals surface area (Å²) in [5, 5.41) is 6.31. The van der Waals surface area contributed by atoms with Crippen LogP contribution >= 0.6 is 0 Å². The molecular formula is C15H26N2O4S. The first kappa shape index (κ1) is 18.7. The first-order chi connectivity index (χ1) is 9.60. The van der Waals surface area contributed by atoms with E-state index in [-0.39, 0.29) is 11.2 Å². The molecule has 1 amide bonds. The summed E-state index contributed by atoms with van der Waals surface area (Å²) in [7, 11) is -3.69. The third-order valence-corrected chi connectivity index (χ3v) is 6.66. The molecule has 0 fully saturated rings. The second-order valence-corrected chi connectivity index (χ2v) is 11.2. The molecule has 22 heavy (non-hydrogen) atoms. The van der Waals surface area contributed by atoms with Gasteiger partial charge in [0.2, 0.25) is 5.91 Å². The Morgan fingerprint density at radius 1 is 1.09 bits per heavy atom. The number of hydrogen-bond donors (Lipinski definition) is 1. The molecule has 0 radical (unpaired) electrons. The van der Waals surface area contributed by atoms with E-state index in [4.69, 9.17) is 4.52 Å². The Morgan fingerprint density at radius 2 is 1.59 bits per heavy atom. The van der Waals surface area contributed by atoms with E-state index in [0.717, 1.165) is 0 Å². The summed E-state index contributed by atoms with van der Waals surface area (Å²) < 4.78 is 27.7. The Balaban J connectivity index is 3.05. The highest BCUT2D eigenvalue weighted by Crippen LogP contribution is 2.30. The van der Waals surface area contributed by atoms with E-state index in [1.807, 2.05) is 20.8 Å². The summed E-state index contributed by atoms with van der Waals surface area (Å²) in [6.07, 6.45) is 0. The number of rotatable bonds is 3. The molecular weight excluding hydrogens is 304 g/mol. The average Bonchev–Trinajstić information content (AvgIpc) is 2.75. The largest absolute Gasteiger partial charge is 0.359 e. The third kappa shape index (κ3) is 3.34. The smallest absolute Gasteiger partial charge is 0.246 e. The second-order valence-electron chi connectivity index (χ2n) is 7.91. The molecule has 0 aromatic carbocycles. The highest BCUT2D eigenvalue weighted by atomic mass is 32.2. The van der Waals surface area contributed by atoms with Gasteiger partial charge < -0.3 is 9.84 Å². The second kappa shape index (κ2) is 5.37. The normalized spacial score (nSPS) is 14.0. The predicted molar refractivity (Wildman–Crippen MR) is 86.6 cm³/mol. The van der Waals surface area contributed by atoms with Crippen LogP contribution in [0.2, 0.25) is 0 Å². The van der Waals surface area contributed by atoms with Gasteiger partial charge >= 0.3 is 0 Å². The number of carbonyl (C=O) groups excluding carboxylic acids is 1. The Kier molecular flexibility index (Phi) is 4.56. The zero-order valence-electron chi connectivity index (χ0n) is 14.6. The van der Waals surface area contributed by atoms with Crippen molar-refractivity contribution in [3.63, 3.8) is 0 Å². The van der Waals surface area contributed by atoms with E-state index in [1.165, 1.54) is 13.8 Å². The summed E-state index contributed by atoms with van der Waals surface area (Å²) in [4.78, 5) is 12.4. The number of amides is 1. The van der Waals surface area contributed by atoms with Crippen LogP contribution in [0.25, 0.3) is 0 Å². The number of hydrogen-bond acceptors (Lipinski definition) is 5. The monoisotopic (exact) mass is 330 g/mol. The van der Waals surface area contributed by atoms with Crippen molar-refractivity contribution in [3.05, 3.63) is 11.8 Å². The molecule has 0 atom stereocenters. The van der Waals surface area contributed by atoms with Crippen LogP contribution in [0, 0.1) is 0 Å². The lowest BCUT2D eigenvalue weighted by Gasteiger charge is -2.31. The van der Waals surface area contributed by atoms with Gasteiger partial charge in [-0.05, 0) is 34.6 Å². The van der Waals surface area contributed by atoms with Crippen molar-refractivity contribution in [1.29, 1.82) is 0 Å². The molecule has 0 aliphatic heterocycles. The number of sulfone groups is 1. The van der Waals surface area contributed by atoms with Gasteiger partial charge in [-0.1, -0.05) is 25.9 Å². The molecule has 0 bridgehead atoms. The van der Waals surface area contributed by atoms with Crippen molar-refractivity contribution in [3.8, 4) is 0 Å². The van der Waals surface area contributed by atoms with Crippen LogP contribution in [0.4, 0.5) is 5.82 Å². The van der Waals surface area contributed by atoms with Crippen molar-refractivity contribution in [2.75, 3.05) is 5.32 Å². The molecule has 0 unspecified atom stereocenters. The zero-order valence-corrected chi connectivity index (χ0v) is 15.4. The minimum absolute atomic E-state index is 0.215. The van der Waals surface area contributed by atoms with Crippen LogP contribution in [-0.4, -0.2) is 29.0 Å². The number of anilines is 1. The standard InChI is InChI=1S/C15H26N2O4S/c1-13(2,3)10-9-11(17-21-10)16-12(18)15(7,8)22(19,20)14(4,5)6/h9H,1-8H3,(H,16,17,18). The third-order valence-electron chi connectivity index (χ3n) is 3.52. The maximum Gasteiger partial charge on any atom is 0.246 e. The summed E-state index contributed by atoms with van der Waals surface area (Å²) >= 11 is 0. The molecule has 0 saturated heterocycles. The Labute approximate surface area is 132 Å². The topological polar surface area (TPSA) is 89.3 Å². The molecule has 0 spiro atoms. The maximum absolute atomic E-state index is 12.6. The molecule has 1 aromatic heterocycles. The van der Waals surface area contributed by atoms with Gasteiger partial charge in [-0.25, -0.2) is 8.42 Å². The van der Waals surface area contributed by atoms with Gasteiger partial charge in [-0.2, -0.15) is 0 Å². The fourth-order valence-electron chi connectivity index (χ4n) is 1.84. The SMILES string of the molecule is CC(C)(C)c1cc(NC(=O)C(C)(C)S(=O)(=O)C(C)(C)C)no1.